The quantitative estimate of drug-likeness (QED) is 0.704. The van der Waals surface area contributed by atoms with Gasteiger partial charge in [-0.25, -0.2) is 0 Å². The summed E-state index contributed by atoms with van der Waals surface area (Å²) < 4.78 is 12.7. The van der Waals surface area contributed by atoms with Crippen molar-refractivity contribution in [1.82, 2.24) is 4.57 Å². The van der Waals surface area contributed by atoms with E-state index in [9.17, 15) is 9.59 Å². The minimum atomic E-state index is -0.0328. The van der Waals surface area contributed by atoms with Gasteiger partial charge >= 0.3 is 4.87 Å². The Morgan fingerprint density at radius 2 is 1.74 bits per heavy atom. The van der Waals surface area contributed by atoms with E-state index in [2.05, 4.69) is 27.2 Å². The highest BCUT2D eigenvalue weighted by Crippen LogP contribution is 2.32. The Morgan fingerprint density at radius 3 is 2.39 bits per heavy atom. The van der Waals surface area contributed by atoms with Crippen LogP contribution >= 0.6 is 11.3 Å². The Morgan fingerprint density at radius 1 is 1.06 bits per heavy atom. The van der Waals surface area contributed by atoms with Crippen LogP contribution in [0.1, 0.15) is 18.5 Å². The first-order chi connectivity index (χ1) is 15.1. The number of nitrogens with zero attached hydrogens (tertiary/aromatic N) is 3. The molecule has 8 nitrogen and oxygen atoms in total. The number of hydrogen-bond donors (Lipinski definition) is 1. The summed E-state index contributed by atoms with van der Waals surface area (Å²) in [7, 11) is 0. The molecule has 0 aliphatic carbocycles. The zero-order valence-electron chi connectivity index (χ0n) is 18.0. The summed E-state index contributed by atoms with van der Waals surface area (Å²) in [5, 5.41) is 4.95. The number of aromatic nitrogens is 1. The van der Waals surface area contributed by atoms with Gasteiger partial charge in [0, 0.05) is 55.9 Å². The van der Waals surface area contributed by atoms with Gasteiger partial charge in [-0.3, -0.25) is 9.59 Å². The monoisotopic (exact) mass is 446 g/mol. The van der Waals surface area contributed by atoms with Gasteiger partial charge in [-0.05, 0) is 31.5 Å². The highest BCUT2D eigenvalue weighted by atomic mass is 32.1. The third-order valence-corrected chi connectivity index (χ3v) is 6.63. The lowest BCUT2D eigenvalue weighted by molar-refractivity contribution is -0.116. The fourth-order valence-electron chi connectivity index (χ4n) is 3.99. The fraction of sp³-hybridized carbons (Fsp3) is 0.545. The lowest BCUT2D eigenvalue weighted by atomic mass is 10.1. The molecule has 2 aliphatic heterocycles. The van der Waals surface area contributed by atoms with E-state index in [1.807, 2.05) is 18.4 Å². The Labute approximate surface area is 186 Å². The molecule has 0 saturated carbocycles. The number of benzene rings is 1. The second-order valence-electron chi connectivity index (χ2n) is 7.85. The molecule has 1 N–H and O–H groups in total. The van der Waals surface area contributed by atoms with Crippen molar-refractivity contribution in [1.29, 1.82) is 0 Å². The molecule has 4 rings (SSSR count). The molecular formula is C22H30N4O4S. The van der Waals surface area contributed by atoms with Crippen LogP contribution < -0.4 is 20.0 Å². The van der Waals surface area contributed by atoms with Gasteiger partial charge < -0.3 is 29.2 Å². The predicted octanol–water partition coefficient (Wildman–Crippen LogP) is 2.31. The van der Waals surface area contributed by atoms with Crippen LogP contribution in [0.5, 0.6) is 0 Å². The van der Waals surface area contributed by atoms with Gasteiger partial charge in [0.15, 0.2) is 0 Å². The Balaban J connectivity index is 1.44. The van der Waals surface area contributed by atoms with Crippen LogP contribution in [0.4, 0.5) is 17.1 Å². The minimum Gasteiger partial charge on any atom is -0.378 e. The van der Waals surface area contributed by atoms with E-state index in [4.69, 9.17) is 9.47 Å². The normalized spacial score (nSPS) is 17.1. The Hall–Kier alpha value is -2.36. The van der Waals surface area contributed by atoms with Gasteiger partial charge in [0.05, 0.1) is 37.8 Å². The molecule has 0 radical (unpaired) electrons. The molecule has 0 atom stereocenters. The van der Waals surface area contributed by atoms with E-state index < -0.39 is 0 Å². The van der Waals surface area contributed by atoms with Gasteiger partial charge in [0.1, 0.15) is 0 Å². The van der Waals surface area contributed by atoms with Crippen molar-refractivity contribution in [3.63, 3.8) is 0 Å². The fourth-order valence-corrected chi connectivity index (χ4v) is 4.76. The van der Waals surface area contributed by atoms with Crippen LogP contribution in [0.25, 0.3) is 0 Å². The van der Waals surface area contributed by atoms with Crippen LogP contribution in [0.3, 0.4) is 0 Å². The van der Waals surface area contributed by atoms with Crippen LogP contribution in [0.15, 0.2) is 28.4 Å². The summed E-state index contributed by atoms with van der Waals surface area (Å²) in [6.45, 7) is 8.66. The molecule has 2 fully saturated rings. The number of morpholine rings is 2. The number of aryl methyl sites for hydroxylation is 1. The number of hydrogen-bond acceptors (Lipinski definition) is 7. The highest BCUT2D eigenvalue weighted by Gasteiger charge is 2.19. The maximum atomic E-state index is 12.7. The number of carbonyl (C=O) groups excluding carboxylic acids is 1. The van der Waals surface area contributed by atoms with Crippen molar-refractivity contribution < 1.29 is 14.3 Å². The lowest BCUT2D eigenvalue weighted by Gasteiger charge is -2.33. The van der Waals surface area contributed by atoms with Crippen LogP contribution in [-0.2, 0) is 20.8 Å². The minimum absolute atomic E-state index is 0.0328. The molecule has 168 valence electrons. The molecule has 2 saturated heterocycles. The molecule has 1 aromatic carbocycles. The number of thiazole rings is 1. The number of anilines is 3. The van der Waals surface area contributed by atoms with Crippen molar-refractivity contribution >= 4 is 34.3 Å². The van der Waals surface area contributed by atoms with Crippen molar-refractivity contribution in [3.8, 4) is 0 Å². The van der Waals surface area contributed by atoms with Crippen LogP contribution in [0, 0.1) is 6.92 Å². The van der Waals surface area contributed by atoms with Crippen molar-refractivity contribution in [2.45, 2.75) is 26.3 Å². The van der Waals surface area contributed by atoms with E-state index >= 15 is 0 Å². The summed E-state index contributed by atoms with van der Waals surface area (Å²) in [5.41, 5.74) is 3.96. The summed E-state index contributed by atoms with van der Waals surface area (Å²) in [4.78, 5) is 29.1. The zero-order valence-corrected chi connectivity index (χ0v) is 18.8. The van der Waals surface area contributed by atoms with Crippen molar-refractivity contribution in [2.24, 2.45) is 0 Å². The zero-order chi connectivity index (χ0) is 21.6. The van der Waals surface area contributed by atoms with Gasteiger partial charge in [0.25, 0.3) is 0 Å². The molecular weight excluding hydrogens is 416 g/mol. The number of ether oxygens (including phenoxy) is 2. The topological polar surface area (TPSA) is 76.0 Å². The lowest BCUT2D eigenvalue weighted by Crippen LogP contribution is -2.38. The Kier molecular flexibility index (Phi) is 7.26. The molecule has 0 spiro atoms. The third kappa shape index (κ3) is 5.47. The second kappa shape index (κ2) is 10.3. The molecule has 2 aromatic rings. The maximum Gasteiger partial charge on any atom is 0.307 e. The molecule has 0 bridgehead atoms. The van der Waals surface area contributed by atoms with Gasteiger partial charge in [-0.1, -0.05) is 11.3 Å². The van der Waals surface area contributed by atoms with E-state index in [-0.39, 0.29) is 10.8 Å². The average molecular weight is 447 g/mol. The van der Waals surface area contributed by atoms with Crippen molar-refractivity contribution in [3.05, 3.63) is 38.9 Å². The van der Waals surface area contributed by atoms with Crippen LogP contribution in [0.2, 0.25) is 0 Å². The van der Waals surface area contributed by atoms with E-state index in [0.717, 1.165) is 62.1 Å². The molecule has 0 unspecified atom stereocenters. The van der Waals surface area contributed by atoms with Gasteiger partial charge in [-0.15, -0.1) is 0 Å². The molecule has 9 heteroatoms. The predicted molar refractivity (Wildman–Crippen MR) is 124 cm³/mol. The van der Waals surface area contributed by atoms with Crippen molar-refractivity contribution in [2.75, 3.05) is 67.7 Å². The molecule has 1 amide bonds. The first kappa shape index (κ1) is 21.9. The van der Waals surface area contributed by atoms with Gasteiger partial charge in [-0.2, -0.15) is 0 Å². The molecule has 2 aliphatic rings. The summed E-state index contributed by atoms with van der Waals surface area (Å²) in [5.74, 6) is -0.0328. The molecule has 1 aromatic heterocycles. The Bertz CT molecular complexity index is 945. The largest absolute Gasteiger partial charge is 0.378 e. The summed E-state index contributed by atoms with van der Waals surface area (Å²) in [6.07, 6.45) is 0.998. The standard InChI is InChI=1S/C22H30N4O4S/c1-17-16-31-22(28)26(17)6-2-3-21(27)23-19-5-4-18(24-7-11-29-12-8-24)15-20(19)25-9-13-30-14-10-25/h4-5,15-16H,2-3,6-14H2,1H3,(H,23,27). The number of nitrogens with one attached hydrogen (secondary N) is 1. The van der Waals surface area contributed by atoms with E-state index in [1.54, 1.807) is 4.57 Å². The second-order valence-corrected chi connectivity index (χ2v) is 8.67. The average Bonchev–Trinajstić information content (AvgIpc) is 3.13. The first-order valence-electron chi connectivity index (χ1n) is 10.9. The number of carbonyl (C=O) groups is 1. The van der Waals surface area contributed by atoms with Crippen LogP contribution in [-0.4, -0.2) is 63.1 Å². The number of amides is 1. The summed E-state index contributed by atoms with van der Waals surface area (Å²) >= 11 is 1.20. The molecule has 31 heavy (non-hydrogen) atoms. The SMILES string of the molecule is Cc1csc(=O)n1CCCC(=O)Nc1ccc(N2CCOCC2)cc1N1CCOCC1. The molecule has 3 heterocycles. The maximum absolute atomic E-state index is 12.7. The smallest absolute Gasteiger partial charge is 0.307 e. The van der Waals surface area contributed by atoms with Gasteiger partial charge in [0.2, 0.25) is 5.91 Å². The third-order valence-electron chi connectivity index (χ3n) is 5.75. The highest BCUT2D eigenvalue weighted by molar-refractivity contribution is 7.07. The van der Waals surface area contributed by atoms with E-state index in [0.29, 0.717) is 32.6 Å². The number of rotatable bonds is 7. The summed E-state index contributed by atoms with van der Waals surface area (Å²) in [6, 6.07) is 6.24. The first-order valence-corrected chi connectivity index (χ1v) is 11.7. The van der Waals surface area contributed by atoms with E-state index in [1.165, 1.54) is 11.3 Å².